The van der Waals surface area contributed by atoms with Gasteiger partial charge in [-0.3, -0.25) is 9.79 Å². The largest absolute Gasteiger partial charge is 0.379 e. The maximum atomic E-state index is 14.3. The summed E-state index contributed by atoms with van der Waals surface area (Å²) in [7, 11) is 1.63. The molecule has 2 aromatic carbocycles. The number of carbonyl (C=O) groups excluding carboxylic acids is 1. The molecular weight excluding hydrogens is 407 g/mol. The number of rotatable bonds is 10. The standard InChI is InChI=1S/C26H29FN2O3/c1-31-23(16-20-12-15-28-25(20)30)24(32-18-21-10-5-6-11-22(21)27)26(13-7-14-29-26)17-19-8-3-2-4-9-19/h2-11,13-14,20,23-24H,12,15-18H2,1H3,(H,28,30). The number of hydrogen-bond acceptors (Lipinski definition) is 4. The van der Waals surface area contributed by atoms with Crippen molar-refractivity contribution in [1.29, 1.82) is 0 Å². The molecule has 4 rings (SSSR count). The van der Waals surface area contributed by atoms with Crippen LogP contribution in [-0.2, 0) is 27.3 Å². The van der Waals surface area contributed by atoms with E-state index >= 15 is 0 Å². The van der Waals surface area contributed by atoms with Crippen LogP contribution in [0.2, 0.25) is 0 Å². The molecule has 32 heavy (non-hydrogen) atoms. The number of halogens is 1. The van der Waals surface area contributed by atoms with E-state index in [-0.39, 0.29) is 30.4 Å². The van der Waals surface area contributed by atoms with Gasteiger partial charge in [-0.2, -0.15) is 0 Å². The molecule has 0 spiro atoms. The van der Waals surface area contributed by atoms with Crippen molar-refractivity contribution in [2.45, 2.75) is 43.6 Å². The van der Waals surface area contributed by atoms with E-state index in [2.05, 4.69) is 17.4 Å². The molecule has 0 bridgehead atoms. The molecule has 1 saturated heterocycles. The van der Waals surface area contributed by atoms with Gasteiger partial charge in [0.25, 0.3) is 0 Å². The molecule has 0 radical (unpaired) electrons. The minimum absolute atomic E-state index is 0.0440. The van der Waals surface area contributed by atoms with Crippen molar-refractivity contribution < 1.29 is 18.7 Å². The van der Waals surface area contributed by atoms with Gasteiger partial charge in [0.1, 0.15) is 17.5 Å². The van der Waals surface area contributed by atoms with Crippen molar-refractivity contribution in [3.05, 3.63) is 83.7 Å². The fourth-order valence-corrected chi connectivity index (χ4v) is 4.59. The van der Waals surface area contributed by atoms with E-state index in [1.165, 1.54) is 6.07 Å². The lowest BCUT2D eigenvalue weighted by Crippen LogP contribution is -2.50. The van der Waals surface area contributed by atoms with Gasteiger partial charge in [-0.05, 0) is 30.5 Å². The number of allylic oxidation sites excluding steroid dienone is 1. The smallest absolute Gasteiger partial charge is 0.223 e. The van der Waals surface area contributed by atoms with Crippen LogP contribution in [0.3, 0.4) is 0 Å². The predicted molar refractivity (Wildman–Crippen MR) is 122 cm³/mol. The summed E-state index contributed by atoms with van der Waals surface area (Å²) < 4.78 is 26.6. The van der Waals surface area contributed by atoms with Gasteiger partial charge in [0.2, 0.25) is 5.91 Å². The molecule has 0 aliphatic carbocycles. The molecule has 4 unspecified atom stereocenters. The van der Waals surface area contributed by atoms with Gasteiger partial charge in [0.15, 0.2) is 0 Å². The van der Waals surface area contributed by atoms with Gasteiger partial charge in [0.05, 0.1) is 12.7 Å². The van der Waals surface area contributed by atoms with Crippen LogP contribution in [0.25, 0.3) is 0 Å². The number of hydrogen-bond donors (Lipinski definition) is 1. The number of aliphatic imine (C=N–C) groups is 1. The minimum Gasteiger partial charge on any atom is -0.379 e. The molecule has 2 aliphatic rings. The van der Waals surface area contributed by atoms with Gasteiger partial charge >= 0.3 is 0 Å². The molecule has 168 valence electrons. The summed E-state index contributed by atoms with van der Waals surface area (Å²) >= 11 is 0. The Hall–Kier alpha value is -2.83. The summed E-state index contributed by atoms with van der Waals surface area (Å²) in [6, 6.07) is 16.7. The average Bonchev–Trinajstić information content (AvgIpc) is 3.44. The van der Waals surface area contributed by atoms with Crippen LogP contribution in [0.1, 0.15) is 24.0 Å². The molecule has 4 atom stereocenters. The second-order valence-corrected chi connectivity index (χ2v) is 8.40. The highest BCUT2D eigenvalue weighted by atomic mass is 19.1. The van der Waals surface area contributed by atoms with Crippen LogP contribution in [0, 0.1) is 11.7 Å². The number of methoxy groups -OCH3 is 1. The Kier molecular flexibility index (Phi) is 7.12. The molecule has 0 aromatic heterocycles. The number of nitrogens with zero attached hydrogens (tertiary/aromatic N) is 1. The number of benzene rings is 2. The first-order chi connectivity index (χ1) is 15.6. The van der Waals surface area contributed by atoms with Crippen molar-refractivity contribution in [2.75, 3.05) is 13.7 Å². The van der Waals surface area contributed by atoms with E-state index < -0.39 is 11.6 Å². The van der Waals surface area contributed by atoms with Crippen molar-refractivity contribution in [3.8, 4) is 0 Å². The van der Waals surface area contributed by atoms with E-state index in [1.54, 1.807) is 31.5 Å². The van der Waals surface area contributed by atoms with E-state index in [9.17, 15) is 9.18 Å². The molecule has 2 heterocycles. The molecule has 0 saturated carbocycles. The SMILES string of the molecule is COC(CC1CCNC1=O)C(OCc1ccccc1F)C1(Cc2ccccc2)C=CC=N1. The first-order valence-corrected chi connectivity index (χ1v) is 11.0. The number of carbonyl (C=O) groups is 1. The van der Waals surface area contributed by atoms with Crippen molar-refractivity contribution >= 4 is 12.1 Å². The van der Waals surface area contributed by atoms with Gasteiger partial charge in [-0.1, -0.05) is 54.6 Å². The van der Waals surface area contributed by atoms with Gasteiger partial charge in [0, 0.05) is 37.8 Å². The molecule has 5 nitrogen and oxygen atoms in total. The predicted octanol–water partition coefficient (Wildman–Crippen LogP) is 3.87. The molecule has 1 fully saturated rings. The van der Waals surface area contributed by atoms with Crippen LogP contribution in [0.5, 0.6) is 0 Å². The second kappa shape index (κ2) is 10.2. The lowest BCUT2D eigenvalue weighted by atomic mass is 9.81. The van der Waals surface area contributed by atoms with E-state index in [1.807, 2.05) is 30.4 Å². The van der Waals surface area contributed by atoms with E-state index in [0.717, 1.165) is 12.0 Å². The van der Waals surface area contributed by atoms with Crippen molar-refractivity contribution in [3.63, 3.8) is 0 Å². The molecule has 2 aliphatic heterocycles. The lowest BCUT2D eigenvalue weighted by molar-refractivity contribution is -0.127. The highest BCUT2D eigenvalue weighted by molar-refractivity contribution is 5.80. The first-order valence-electron chi connectivity index (χ1n) is 11.0. The topological polar surface area (TPSA) is 59.9 Å². The fourth-order valence-electron chi connectivity index (χ4n) is 4.59. The summed E-state index contributed by atoms with van der Waals surface area (Å²) in [5.41, 5.74) is 0.887. The highest BCUT2D eigenvalue weighted by Crippen LogP contribution is 2.35. The zero-order valence-corrected chi connectivity index (χ0v) is 18.2. The average molecular weight is 437 g/mol. The van der Waals surface area contributed by atoms with Gasteiger partial charge < -0.3 is 14.8 Å². The molecule has 1 amide bonds. The zero-order chi connectivity index (χ0) is 22.4. The Bertz CT molecular complexity index is 964. The fraction of sp³-hybridized carbons (Fsp3) is 0.385. The van der Waals surface area contributed by atoms with E-state index in [4.69, 9.17) is 14.5 Å². The van der Waals surface area contributed by atoms with Gasteiger partial charge in [-0.25, -0.2) is 4.39 Å². The molecular formula is C26H29FN2O3. The third-order valence-corrected chi connectivity index (χ3v) is 6.30. The monoisotopic (exact) mass is 436 g/mol. The Morgan fingerprint density at radius 2 is 1.97 bits per heavy atom. The van der Waals surface area contributed by atoms with Crippen molar-refractivity contribution in [1.82, 2.24) is 5.32 Å². The summed E-state index contributed by atoms with van der Waals surface area (Å²) in [5.74, 6) is -0.400. The highest BCUT2D eigenvalue weighted by Gasteiger charge is 2.45. The number of amides is 1. The molecule has 6 heteroatoms. The number of nitrogens with one attached hydrogen (secondary N) is 1. The van der Waals surface area contributed by atoms with Crippen LogP contribution >= 0.6 is 0 Å². The quantitative estimate of drug-likeness (QED) is 0.615. The summed E-state index contributed by atoms with van der Waals surface area (Å²) in [4.78, 5) is 17.1. The summed E-state index contributed by atoms with van der Waals surface area (Å²) in [5, 5.41) is 2.89. The van der Waals surface area contributed by atoms with Crippen molar-refractivity contribution in [2.24, 2.45) is 10.9 Å². The lowest BCUT2D eigenvalue weighted by Gasteiger charge is -2.39. The molecule has 1 N–H and O–H groups in total. The third kappa shape index (κ3) is 4.97. The van der Waals surface area contributed by atoms with Crippen LogP contribution < -0.4 is 5.32 Å². The second-order valence-electron chi connectivity index (χ2n) is 8.40. The van der Waals surface area contributed by atoms with Gasteiger partial charge in [-0.15, -0.1) is 0 Å². The first kappa shape index (κ1) is 22.4. The third-order valence-electron chi connectivity index (χ3n) is 6.30. The van der Waals surface area contributed by atoms with E-state index in [0.29, 0.717) is 24.9 Å². The summed E-state index contributed by atoms with van der Waals surface area (Å²) in [6.45, 7) is 0.766. The maximum Gasteiger partial charge on any atom is 0.223 e. The van der Waals surface area contributed by atoms with Crippen LogP contribution in [0.15, 0.2) is 71.7 Å². The Labute approximate surface area is 188 Å². The maximum absolute atomic E-state index is 14.3. The Morgan fingerprint density at radius 3 is 2.62 bits per heavy atom. The number of ether oxygens (including phenoxy) is 2. The normalized spacial score (nSPS) is 23.9. The zero-order valence-electron chi connectivity index (χ0n) is 18.2. The molecule has 2 aromatic rings. The Balaban J connectivity index is 1.64. The summed E-state index contributed by atoms with van der Waals surface area (Å²) in [6.07, 6.45) is 6.73. The van der Waals surface area contributed by atoms with Crippen LogP contribution in [-0.4, -0.2) is 43.5 Å². The Morgan fingerprint density at radius 1 is 1.19 bits per heavy atom. The minimum atomic E-state index is -0.706. The van der Waals surface area contributed by atoms with Crippen LogP contribution in [0.4, 0.5) is 4.39 Å².